The number of carbonyl (C=O) groups excluding carboxylic acids is 4. The molecule has 0 unspecified atom stereocenters. The lowest BCUT2D eigenvalue weighted by atomic mass is 10.1. The number of aryl methyl sites for hydroxylation is 1. The normalized spacial score (nSPS) is 17.8. The average molecular weight is 350 g/mol. The molecule has 136 valence electrons. The Balaban J connectivity index is 2.12. The molecule has 0 spiro atoms. The quantitative estimate of drug-likeness (QED) is 0.588. The van der Waals surface area contributed by atoms with Gasteiger partial charge in [0, 0.05) is 12.1 Å². The van der Waals surface area contributed by atoms with Gasteiger partial charge in [-0.3, -0.25) is 9.59 Å². The van der Waals surface area contributed by atoms with Crippen molar-refractivity contribution < 1.29 is 28.7 Å². The molecule has 2 rings (SSSR count). The van der Waals surface area contributed by atoms with Gasteiger partial charge in [0.2, 0.25) is 11.7 Å². The van der Waals surface area contributed by atoms with Crippen LogP contribution in [-0.4, -0.2) is 47.4 Å². The molecular formula is C17H22N2O6. The molecule has 1 saturated heterocycles. The second kappa shape index (κ2) is 7.50. The molecule has 0 saturated carbocycles. The van der Waals surface area contributed by atoms with Gasteiger partial charge in [0.05, 0.1) is 17.9 Å². The Morgan fingerprint density at radius 3 is 2.52 bits per heavy atom. The van der Waals surface area contributed by atoms with Crippen molar-refractivity contribution in [3.63, 3.8) is 0 Å². The van der Waals surface area contributed by atoms with Crippen LogP contribution in [0.15, 0.2) is 0 Å². The second-order valence-corrected chi connectivity index (χ2v) is 5.95. The summed E-state index contributed by atoms with van der Waals surface area (Å²) in [4.78, 5) is 50.6. The van der Waals surface area contributed by atoms with Crippen molar-refractivity contribution in [1.82, 2.24) is 10.3 Å². The van der Waals surface area contributed by atoms with Crippen LogP contribution in [-0.2, 0) is 19.1 Å². The highest BCUT2D eigenvalue weighted by molar-refractivity contribution is 6.04. The van der Waals surface area contributed by atoms with Gasteiger partial charge in [-0.2, -0.15) is 0 Å². The van der Waals surface area contributed by atoms with Crippen LogP contribution in [0.25, 0.3) is 0 Å². The summed E-state index contributed by atoms with van der Waals surface area (Å²) in [6.07, 6.45) is -0.427. The molecule has 0 radical (unpaired) electrons. The molecule has 1 aliphatic rings. The highest BCUT2D eigenvalue weighted by atomic mass is 16.5. The maximum atomic E-state index is 12.6. The molecule has 1 aromatic rings. The summed E-state index contributed by atoms with van der Waals surface area (Å²) in [6.45, 7) is 6.68. The van der Waals surface area contributed by atoms with E-state index in [0.29, 0.717) is 23.2 Å². The zero-order chi connectivity index (χ0) is 18.7. The fraction of sp³-hybridized carbons (Fsp3) is 0.529. The summed E-state index contributed by atoms with van der Waals surface area (Å²) < 4.78 is 10.2. The lowest BCUT2D eigenvalue weighted by molar-refractivity contribution is -0.149. The monoisotopic (exact) mass is 350 g/mol. The van der Waals surface area contributed by atoms with Crippen LogP contribution in [0.2, 0.25) is 0 Å². The summed E-state index contributed by atoms with van der Waals surface area (Å²) in [5, 5.41) is 2.50. The molecule has 1 aliphatic heterocycles. The van der Waals surface area contributed by atoms with E-state index >= 15 is 0 Å². The Labute approximate surface area is 145 Å². The zero-order valence-electron chi connectivity index (χ0n) is 14.7. The summed E-state index contributed by atoms with van der Waals surface area (Å²) in [7, 11) is 0. The first-order valence-corrected chi connectivity index (χ1v) is 8.16. The van der Waals surface area contributed by atoms with Gasteiger partial charge in [0.1, 0.15) is 6.04 Å². The third-order valence-electron chi connectivity index (χ3n) is 4.11. The highest BCUT2D eigenvalue weighted by Crippen LogP contribution is 2.21. The largest absolute Gasteiger partial charge is 0.462 e. The molecule has 2 N–H and O–H groups in total. The Morgan fingerprint density at radius 2 is 1.96 bits per heavy atom. The molecule has 25 heavy (non-hydrogen) atoms. The molecule has 1 fully saturated rings. The third kappa shape index (κ3) is 3.89. The van der Waals surface area contributed by atoms with E-state index in [0.717, 1.165) is 0 Å². The highest BCUT2D eigenvalue weighted by Gasteiger charge is 2.32. The van der Waals surface area contributed by atoms with E-state index in [9.17, 15) is 19.2 Å². The van der Waals surface area contributed by atoms with Gasteiger partial charge in [0.25, 0.3) is 0 Å². The number of aromatic nitrogens is 1. The van der Waals surface area contributed by atoms with Gasteiger partial charge in [-0.1, -0.05) is 0 Å². The molecule has 8 nitrogen and oxygen atoms in total. The van der Waals surface area contributed by atoms with Gasteiger partial charge in [-0.05, 0) is 39.7 Å². The summed E-state index contributed by atoms with van der Waals surface area (Å²) in [5.41, 5.74) is 1.49. The van der Waals surface area contributed by atoms with E-state index in [-0.39, 0.29) is 24.6 Å². The van der Waals surface area contributed by atoms with E-state index < -0.39 is 29.9 Å². The van der Waals surface area contributed by atoms with E-state index in [1.807, 2.05) is 0 Å². The van der Waals surface area contributed by atoms with E-state index in [4.69, 9.17) is 9.47 Å². The number of carbonyl (C=O) groups is 4. The second-order valence-electron chi connectivity index (χ2n) is 5.95. The number of hydrogen-bond acceptors (Lipinski definition) is 6. The zero-order valence-corrected chi connectivity index (χ0v) is 14.7. The number of ketones is 1. The first-order chi connectivity index (χ1) is 11.8. The van der Waals surface area contributed by atoms with Crippen molar-refractivity contribution in [2.24, 2.45) is 0 Å². The predicted octanol–water partition coefficient (Wildman–Crippen LogP) is 1.20. The van der Waals surface area contributed by atoms with Gasteiger partial charge in [-0.15, -0.1) is 0 Å². The number of amides is 1. The van der Waals surface area contributed by atoms with Crippen LogP contribution < -0.4 is 5.32 Å². The van der Waals surface area contributed by atoms with Crippen molar-refractivity contribution in [2.75, 3.05) is 6.61 Å². The Bertz CT molecular complexity index is 721. The van der Waals surface area contributed by atoms with E-state index in [1.165, 1.54) is 6.92 Å². The van der Waals surface area contributed by atoms with Crippen LogP contribution >= 0.6 is 0 Å². The van der Waals surface area contributed by atoms with Crippen LogP contribution in [0.3, 0.4) is 0 Å². The minimum atomic E-state index is -1.04. The number of rotatable bonds is 6. The number of ether oxygens (including phenoxy) is 2. The molecule has 0 aliphatic carbocycles. The third-order valence-corrected chi connectivity index (χ3v) is 4.11. The maximum absolute atomic E-state index is 12.6. The van der Waals surface area contributed by atoms with Gasteiger partial charge >= 0.3 is 11.9 Å². The molecule has 1 aromatic heterocycles. The Hall–Kier alpha value is -2.64. The van der Waals surface area contributed by atoms with Crippen LogP contribution in [0.4, 0.5) is 0 Å². The standard InChI is InChI=1S/C17H22N2O6/c1-5-24-17(23)13-8(2)14(18-9(13)3)15(21)10(4)25-16(22)11-6-7-12(20)19-11/h10-11,18H,5-7H2,1-4H3,(H,19,20)/t10-,11-/m1/s1. The lowest BCUT2D eigenvalue weighted by Gasteiger charge is -2.15. The number of hydrogen-bond donors (Lipinski definition) is 2. The fourth-order valence-corrected chi connectivity index (χ4v) is 2.81. The van der Waals surface area contributed by atoms with Crippen molar-refractivity contribution >= 4 is 23.6 Å². The molecule has 8 heteroatoms. The molecule has 1 amide bonds. The summed E-state index contributed by atoms with van der Waals surface area (Å²) in [5.74, 6) is -1.81. The molecule has 0 aromatic carbocycles. The van der Waals surface area contributed by atoms with Crippen molar-refractivity contribution in [1.29, 1.82) is 0 Å². The van der Waals surface area contributed by atoms with E-state index in [2.05, 4.69) is 10.3 Å². The summed E-state index contributed by atoms with van der Waals surface area (Å²) >= 11 is 0. The number of nitrogens with one attached hydrogen (secondary N) is 2. The van der Waals surface area contributed by atoms with Gasteiger partial charge < -0.3 is 19.8 Å². The number of esters is 2. The minimum absolute atomic E-state index is 0.205. The van der Waals surface area contributed by atoms with Crippen LogP contribution in [0, 0.1) is 13.8 Å². The number of Topliss-reactive ketones (excluding diaryl/α,β-unsaturated/α-hetero) is 1. The molecule has 0 bridgehead atoms. The average Bonchev–Trinajstić information content (AvgIpc) is 3.10. The Kier molecular flexibility index (Phi) is 5.61. The first-order valence-electron chi connectivity index (χ1n) is 8.16. The molecular weight excluding hydrogens is 328 g/mol. The Morgan fingerprint density at radius 1 is 1.28 bits per heavy atom. The van der Waals surface area contributed by atoms with Crippen LogP contribution in [0.1, 0.15) is 58.8 Å². The lowest BCUT2D eigenvalue weighted by Crippen LogP contribution is -2.38. The topological polar surface area (TPSA) is 115 Å². The van der Waals surface area contributed by atoms with Gasteiger partial charge in [-0.25, -0.2) is 9.59 Å². The van der Waals surface area contributed by atoms with Gasteiger partial charge in [0.15, 0.2) is 6.10 Å². The maximum Gasteiger partial charge on any atom is 0.340 e. The SMILES string of the molecule is CCOC(=O)c1c(C)[nH]c(C(=O)[C@@H](C)OC(=O)[C@H]2CCC(=O)N2)c1C. The van der Waals surface area contributed by atoms with E-state index in [1.54, 1.807) is 20.8 Å². The predicted molar refractivity (Wildman–Crippen MR) is 87.3 cm³/mol. The van der Waals surface area contributed by atoms with Crippen molar-refractivity contribution in [2.45, 2.75) is 52.7 Å². The smallest absolute Gasteiger partial charge is 0.340 e. The van der Waals surface area contributed by atoms with Crippen molar-refractivity contribution in [3.05, 3.63) is 22.5 Å². The summed E-state index contributed by atoms with van der Waals surface area (Å²) in [6, 6.07) is -0.718. The number of aromatic amines is 1. The first kappa shape index (κ1) is 18.7. The molecule has 2 heterocycles. The van der Waals surface area contributed by atoms with Crippen molar-refractivity contribution in [3.8, 4) is 0 Å². The number of H-pyrrole nitrogens is 1. The van der Waals surface area contributed by atoms with Crippen LogP contribution in [0.5, 0.6) is 0 Å². The fourth-order valence-electron chi connectivity index (χ4n) is 2.81. The minimum Gasteiger partial charge on any atom is -0.462 e. The molecule has 2 atom stereocenters.